The molecule has 22 heavy (non-hydrogen) atoms. The van der Waals surface area contributed by atoms with E-state index in [2.05, 4.69) is 43.2 Å². The maximum absolute atomic E-state index is 5.63. The lowest BCUT2D eigenvalue weighted by Gasteiger charge is -2.43. The van der Waals surface area contributed by atoms with Crippen molar-refractivity contribution in [1.29, 1.82) is 0 Å². The summed E-state index contributed by atoms with van der Waals surface area (Å²) in [5.41, 5.74) is 7.86. The van der Waals surface area contributed by atoms with Gasteiger partial charge < -0.3 is 15.4 Å². The SMILES string of the molecule is Nc1n[nH]c(-c2ccccc2N2CCN(C3COC3)CC2)n1. The summed E-state index contributed by atoms with van der Waals surface area (Å²) >= 11 is 0. The standard InChI is InChI=1S/C15H20N6O/c16-15-17-14(18-19-15)12-3-1-2-4-13(12)21-7-5-20(6-8-21)11-9-22-10-11/h1-4,11H,5-10H2,(H3,16,17,18,19). The van der Waals surface area contributed by atoms with Crippen molar-refractivity contribution in [2.45, 2.75) is 6.04 Å². The molecule has 2 fully saturated rings. The van der Waals surface area contributed by atoms with Gasteiger partial charge in [0, 0.05) is 37.4 Å². The molecule has 1 aromatic carbocycles. The van der Waals surface area contributed by atoms with Crippen LogP contribution < -0.4 is 10.6 Å². The van der Waals surface area contributed by atoms with Crippen LogP contribution in [0.5, 0.6) is 0 Å². The number of H-pyrrole nitrogens is 1. The summed E-state index contributed by atoms with van der Waals surface area (Å²) in [4.78, 5) is 9.19. The van der Waals surface area contributed by atoms with Gasteiger partial charge in [-0.1, -0.05) is 12.1 Å². The number of anilines is 2. The minimum atomic E-state index is 0.277. The quantitative estimate of drug-likeness (QED) is 0.862. The Morgan fingerprint density at radius 3 is 2.55 bits per heavy atom. The van der Waals surface area contributed by atoms with Crippen LogP contribution in [-0.2, 0) is 4.74 Å². The Morgan fingerprint density at radius 2 is 1.91 bits per heavy atom. The zero-order valence-corrected chi connectivity index (χ0v) is 12.4. The number of hydrogen-bond donors (Lipinski definition) is 2. The predicted octanol–water partition coefficient (Wildman–Crippen LogP) is 0.575. The zero-order chi connectivity index (χ0) is 14.9. The third-order valence-corrected chi connectivity index (χ3v) is 4.45. The van der Waals surface area contributed by atoms with Gasteiger partial charge >= 0.3 is 0 Å². The van der Waals surface area contributed by atoms with Gasteiger partial charge in [-0.15, -0.1) is 5.10 Å². The third kappa shape index (κ3) is 2.42. The second-order valence-corrected chi connectivity index (χ2v) is 5.77. The van der Waals surface area contributed by atoms with Crippen molar-refractivity contribution in [1.82, 2.24) is 20.1 Å². The molecule has 0 aliphatic carbocycles. The summed E-state index contributed by atoms with van der Waals surface area (Å²) in [7, 11) is 0. The largest absolute Gasteiger partial charge is 0.378 e. The maximum atomic E-state index is 5.63. The first kappa shape index (κ1) is 13.5. The Morgan fingerprint density at radius 1 is 1.14 bits per heavy atom. The monoisotopic (exact) mass is 300 g/mol. The van der Waals surface area contributed by atoms with Crippen molar-refractivity contribution in [3.8, 4) is 11.4 Å². The van der Waals surface area contributed by atoms with Gasteiger partial charge in [-0.3, -0.25) is 10.00 Å². The fourth-order valence-corrected chi connectivity index (χ4v) is 3.11. The van der Waals surface area contributed by atoms with Crippen molar-refractivity contribution in [3.63, 3.8) is 0 Å². The average molecular weight is 300 g/mol. The van der Waals surface area contributed by atoms with Crippen LogP contribution in [0.3, 0.4) is 0 Å². The van der Waals surface area contributed by atoms with Crippen molar-refractivity contribution in [3.05, 3.63) is 24.3 Å². The highest BCUT2D eigenvalue weighted by Crippen LogP contribution is 2.29. The second-order valence-electron chi connectivity index (χ2n) is 5.77. The Kier molecular flexibility index (Phi) is 3.44. The van der Waals surface area contributed by atoms with Gasteiger partial charge in [0.1, 0.15) is 0 Å². The molecule has 7 heteroatoms. The van der Waals surface area contributed by atoms with Crippen LogP contribution in [-0.4, -0.2) is 65.5 Å². The van der Waals surface area contributed by atoms with Gasteiger partial charge in [-0.2, -0.15) is 4.98 Å². The number of hydrogen-bond acceptors (Lipinski definition) is 6. The molecule has 0 spiro atoms. The number of rotatable bonds is 3. The average Bonchev–Trinajstić information content (AvgIpc) is 2.93. The molecule has 0 saturated carbocycles. The summed E-state index contributed by atoms with van der Waals surface area (Å²) in [5.74, 6) is 1.00. The summed E-state index contributed by atoms with van der Waals surface area (Å²) in [6.45, 7) is 5.93. The first-order valence-electron chi connectivity index (χ1n) is 7.65. The molecule has 0 atom stereocenters. The number of aromatic amines is 1. The minimum absolute atomic E-state index is 0.277. The molecule has 3 heterocycles. The first-order valence-corrected chi connectivity index (χ1v) is 7.65. The smallest absolute Gasteiger partial charge is 0.239 e. The molecule has 116 valence electrons. The molecule has 0 amide bonds. The van der Waals surface area contributed by atoms with Gasteiger partial charge in [0.15, 0.2) is 5.82 Å². The number of nitrogens with zero attached hydrogens (tertiary/aromatic N) is 4. The van der Waals surface area contributed by atoms with Crippen LogP contribution in [0.1, 0.15) is 0 Å². The molecule has 1 aromatic heterocycles. The lowest BCUT2D eigenvalue weighted by molar-refractivity contribution is -0.0660. The fourth-order valence-electron chi connectivity index (χ4n) is 3.11. The van der Waals surface area contributed by atoms with Crippen molar-refractivity contribution < 1.29 is 4.74 Å². The molecular weight excluding hydrogens is 280 g/mol. The molecule has 0 unspecified atom stereocenters. The molecule has 3 N–H and O–H groups in total. The topological polar surface area (TPSA) is 83.3 Å². The second kappa shape index (κ2) is 5.58. The molecule has 2 saturated heterocycles. The number of aromatic nitrogens is 3. The van der Waals surface area contributed by atoms with E-state index in [1.807, 2.05) is 6.07 Å². The number of ether oxygens (including phenoxy) is 1. The van der Waals surface area contributed by atoms with E-state index >= 15 is 0 Å². The molecule has 7 nitrogen and oxygen atoms in total. The number of nitrogen functional groups attached to an aromatic ring is 1. The van der Waals surface area contributed by atoms with E-state index in [-0.39, 0.29) is 5.95 Å². The van der Waals surface area contributed by atoms with E-state index < -0.39 is 0 Å². The van der Waals surface area contributed by atoms with E-state index in [1.165, 1.54) is 5.69 Å². The van der Waals surface area contributed by atoms with Crippen molar-refractivity contribution in [2.24, 2.45) is 0 Å². The summed E-state index contributed by atoms with van der Waals surface area (Å²) in [6.07, 6.45) is 0. The number of benzene rings is 1. The first-order chi connectivity index (χ1) is 10.8. The number of para-hydroxylation sites is 1. The normalized spacial score (nSPS) is 20.1. The number of nitrogens with one attached hydrogen (secondary N) is 1. The van der Waals surface area contributed by atoms with Crippen molar-refractivity contribution in [2.75, 3.05) is 50.0 Å². The van der Waals surface area contributed by atoms with Gasteiger partial charge in [-0.05, 0) is 12.1 Å². The minimum Gasteiger partial charge on any atom is -0.378 e. The Hall–Kier alpha value is -2.12. The van der Waals surface area contributed by atoms with Gasteiger partial charge in [-0.25, -0.2) is 0 Å². The number of nitrogens with two attached hydrogens (primary N) is 1. The van der Waals surface area contributed by atoms with Gasteiger partial charge in [0.2, 0.25) is 5.95 Å². The van der Waals surface area contributed by atoms with E-state index in [0.717, 1.165) is 50.8 Å². The summed E-state index contributed by atoms with van der Waals surface area (Å²) in [5, 5.41) is 6.84. The molecule has 0 radical (unpaired) electrons. The molecule has 2 aliphatic heterocycles. The van der Waals surface area contributed by atoms with Gasteiger partial charge in [0.25, 0.3) is 0 Å². The summed E-state index contributed by atoms with van der Waals surface area (Å²) in [6, 6.07) is 8.88. The molecule has 4 rings (SSSR count). The molecular formula is C15H20N6O. The van der Waals surface area contributed by atoms with Gasteiger partial charge in [0.05, 0.1) is 19.3 Å². The summed E-state index contributed by atoms with van der Waals surface area (Å²) < 4.78 is 5.29. The van der Waals surface area contributed by atoms with E-state index in [0.29, 0.717) is 6.04 Å². The Labute approximate surface area is 129 Å². The highest BCUT2D eigenvalue weighted by Gasteiger charge is 2.29. The van der Waals surface area contributed by atoms with E-state index in [9.17, 15) is 0 Å². The molecule has 0 bridgehead atoms. The Balaban J connectivity index is 1.53. The highest BCUT2D eigenvalue weighted by molar-refractivity contribution is 5.74. The van der Waals surface area contributed by atoms with E-state index in [4.69, 9.17) is 10.5 Å². The third-order valence-electron chi connectivity index (χ3n) is 4.45. The van der Waals surface area contributed by atoms with Crippen LogP contribution in [0, 0.1) is 0 Å². The van der Waals surface area contributed by atoms with Crippen LogP contribution >= 0.6 is 0 Å². The highest BCUT2D eigenvalue weighted by atomic mass is 16.5. The van der Waals surface area contributed by atoms with Crippen LogP contribution in [0.25, 0.3) is 11.4 Å². The van der Waals surface area contributed by atoms with Crippen LogP contribution in [0.15, 0.2) is 24.3 Å². The van der Waals surface area contributed by atoms with Crippen LogP contribution in [0.4, 0.5) is 11.6 Å². The van der Waals surface area contributed by atoms with Crippen molar-refractivity contribution >= 4 is 11.6 Å². The lowest BCUT2D eigenvalue weighted by Crippen LogP contribution is -2.56. The number of piperazine rings is 1. The fraction of sp³-hybridized carbons (Fsp3) is 0.467. The zero-order valence-electron chi connectivity index (χ0n) is 12.4. The van der Waals surface area contributed by atoms with Crippen LogP contribution in [0.2, 0.25) is 0 Å². The maximum Gasteiger partial charge on any atom is 0.239 e. The van der Waals surface area contributed by atoms with E-state index in [1.54, 1.807) is 0 Å². The Bertz CT molecular complexity index is 645. The molecule has 2 aromatic rings. The molecule has 2 aliphatic rings. The predicted molar refractivity (Wildman–Crippen MR) is 84.6 cm³/mol. The lowest BCUT2D eigenvalue weighted by atomic mass is 10.1.